The van der Waals surface area contributed by atoms with Crippen LogP contribution in [0.4, 0.5) is 5.69 Å². The third-order valence-electron chi connectivity index (χ3n) is 3.95. The lowest BCUT2D eigenvalue weighted by atomic mass is 10.1. The number of carbonyl (C=O) groups is 2. The minimum atomic E-state index is -0.366. The monoisotopic (exact) mass is 353 g/mol. The molecule has 0 saturated heterocycles. The Morgan fingerprint density at radius 3 is 2.58 bits per heavy atom. The summed E-state index contributed by atoms with van der Waals surface area (Å²) in [4.78, 5) is 24.2. The molecule has 1 aliphatic heterocycles. The Kier molecular flexibility index (Phi) is 4.93. The number of ketones is 1. The van der Waals surface area contributed by atoms with Crippen LogP contribution in [0.1, 0.15) is 28.4 Å². The van der Waals surface area contributed by atoms with Gasteiger partial charge in [-0.2, -0.15) is 0 Å². The van der Waals surface area contributed by atoms with Crippen molar-refractivity contribution in [1.29, 1.82) is 0 Å². The molecule has 2 aromatic rings. The van der Waals surface area contributed by atoms with E-state index in [1.807, 2.05) is 25.1 Å². The Morgan fingerprint density at radius 1 is 1.15 bits per heavy atom. The predicted molar refractivity (Wildman–Crippen MR) is 98.0 cm³/mol. The van der Waals surface area contributed by atoms with Crippen molar-refractivity contribution >= 4 is 23.5 Å². The van der Waals surface area contributed by atoms with Crippen molar-refractivity contribution in [3.05, 3.63) is 53.1 Å². The van der Waals surface area contributed by atoms with Gasteiger partial charge in [0.25, 0.3) is 0 Å². The average molecular weight is 353 g/mol. The summed E-state index contributed by atoms with van der Waals surface area (Å²) in [5, 5.41) is 2.72. The second-order valence-corrected chi connectivity index (χ2v) is 5.88. The Bertz CT molecular complexity index is 901. The number of methoxy groups -OCH3 is 1. The van der Waals surface area contributed by atoms with Gasteiger partial charge in [0.1, 0.15) is 5.75 Å². The van der Waals surface area contributed by atoms with Gasteiger partial charge < -0.3 is 19.5 Å². The minimum Gasteiger partial charge on any atom is -0.496 e. The zero-order valence-electron chi connectivity index (χ0n) is 14.8. The summed E-state index contributed by atoms with van der Waals surface area (Å²) in [7, 11) is 1.58. The van der Waals surface area contributed by atoms with E-state index in [1.54, 1.807) is 25.3 Å². The highest BCUT2D eigenvalue weighted by Gasteiger charge is 2.20. The molecule has 0 atom stereocenters. The van der Waals surface area contributed by atoms with E-state index >= 15 is 0 Å². The van der Waals surface area contributed by atoms with Crippen LogP contribution in [0, 0.1) is 6.92 Å². The van der Waals surface area contributed by atoms with Crippen LogP contribution >= 0.6 is 0 Å². The van der Waals surface area contributed by atoms with Crippen LogP contribution in [0.15, 0.2) is 36.4 Å². The van der Waals surface area contributed by atoms with E-state index in [0.717, 1.165) is 11.1 Å². The van der Waals surface area contributed by atoms with E-state index in [0.29, 0.717) is 28.5 Å². The van der Waals surface area contributed by atoms with Gasteiger partial charge in [0.15, 0.2) is 17.3 Å². The molecule has 6 heteroatoms. The van der Waals surface area contributed by atoms with Gasteiger partial charge in [-0.25, -0.2) is 0 Å². The molecule has 0 saturated carbocycles. The van der Waals surface area contributed by atoms with Gasteiger partial charge in [0.05, 0.1) is 12.8 Å². The molecule has 1 N–H and O–H groups in total. The van der Waals surface area contributed by atoms with Gasteiger partial charge in [-0.15, -0.1) is 0 Å². The average Bonchev–Trinajstić information content (AvgIpc) is 3.06. The lowest BCUT2D eigenvalue weighted by Gasteiger charge is -2.09. The summed E-state index contributed by atoms with van der Waals surface area (Å²) >= 11 is 0. The predicted octanol–water partition coefficient (Wildman–Crippen LogP) is 3.59. The molecular formula is C20H19NO5. The van der Waals surface area contributed by atoms with Crippen molar-refractivity contribution in [2.45, 2.75) is 13.8 Å². The van der Waals surface area contributed by atoms with Gasteiger partial charge in [0.2, 0.25) is 12.7 Å². The number of fused-ring (bicyclic) bond motifs is 1. The van der Waals surface area contributed by atoms with Gasteiger partial charge in [-0.3, -0.25) is 9.59 Å². The van der Waals surface area contributed by atoms with Crippen LogP contribution in [-0.4, -0.2) is 25.6 Å². The van der Waals surface area contributed by atoms with E-state index in [-0.39, 0.29) is 18.5 Å². The topological polar surface area (TPSA) is 73.9 Å². The first-order chi connectivity index (χ1) is 12.5. The number of nitrogens with one attached hydrogen (secondary N) is 1. The number of benzene rings is 2. The highest BCUT2D eigenvalue weighted by atomic mass is 16.7. The lowest BCUT2D eigenvalue weighted by Crippen LogP contribution is -2.11. The number of carbonyl (C=O) groups excluding carboxylic acids is 2. The van der Waals surface area contributed by atoms with Crippen LogP contribution in [0.5, 0.6) is 17.2 Å². The molecule has 1 amide bonds. The van der Waals surface area contributed by atoms with Crippen LogP contribution < -0.4 is 19.5 Å². The highest BCUT2D eigenvalue weighted by molar-refractivity contribution is 6.08. The van der Waals surface area contributed by atoms with Crippen molar-refractivity contribution in [2.24, 2.45) is 0 Å². The van der Waals surface area contributed by atoms with Crippen molar-refractivity contribution < 1.29 is 23.8 Å². The summed E-state index contributed by atoms with van der Waals surface area (Å²) in [6, 6.07) is 8.87. The van der Waals surface area contributed by atoms with Crippen molar-refractivity contribution in [3.8, 4) is 17.2 Å². The Labute approximate surface area is 151 Å². The second-order valence-electron chi connectivity index (χ2n) is 5.88. The van der Waals surface area contributed by atoms with Gasteiger partial charge in [-0.1, -0.05) is 11.6 Å². The molecule has 0 aromatic heterocycles. The van der Waals surface area contributed by atoms with E-state index < -0.39 is 0 Å². The summed E-state index contributed by atoms with van der Waals surface area (Å²) in [5.41, 5.74) is 2.59. The van der Waals surface area contributed by atoms with Crippen molar-refractivity contribution in [1.82, 2.24) is 0 Å². The third kappa shape index (κ3) is 3.69. The molecule has 0 spiro atoms. The van der Waals surface area contributed by atoms with E-state index in [4.69, 9.17) is 14.2 Å². The largest absolute Gasteiger partial charge is 0.496 e. The number of hydrogen-bond donors (Lipinski definition) is 1. The number of amides is 1. The Morgan fingerprint density at radius 2 is 1.88 bits per heavy atom. The molecule has 0 aliphatic carbocycles. The molecule has 3 rings (SSSR count). The molecule has 26 heavy (non-hydrogen) atoms. The number of hydrogen-bond acceptors (Lipinski definition) is 5. The van der Waals surface area contributed by atoms with E-state index in [1.165, 1.54) is 13.0 Å². The SMILES string of the molecule is COc1ccc(C)cc1/C=C/C(=O)Nc1cc2c(cc1C(C)=O)OCO2. The number of aryl methyl sites for hydroxylation is 1. The van der Waals surface area contributed by atoms with Crippen LogP contribution in [-0.2, 0) is 4.79 Å². The molecule has 134 valence electrons. The molecule has 0 fully saturated rings. The zero-order valence-corrected chi connectivity index (χ0v) is 14.8. The third-order valence-corrected chi connectivity index (χ3v) is 3.95. The maximum absolute atomic E-state index is 12.3. The Hall–Kier alpha value is -3.28. The fourth-order valence-corrected chi connectivity index (χ4v) is 2.66. The smallest absolute Gasteiger partial charge is 0.248 e. The van der Waals surface area contributed by atoms with Crippen molar-refractivity contribution in [3.63, 3.8) is 0 Å². The summed E-state index contributed by atoms with van der Waals surface area (Å²) in [5.74, 6) is 1.12. The molecule has 0 radical (unpaired) electrons. The zero-order chi connectivity index (χ0) is 18.7. The van der Waals surface area contributed by atoms with Gasteiger partial charge >= 0.3 is 0 Å². The standard InChI is InChI=1S/C20H19NO5/c1-12-4-6-17(24-3)14(8-12)5-7-20(23)21-16-10-19-18(25-11-26-19)9-15(16)13(2)22/h4-10H,11H2,1-3H3,(H,21,23)/b7-5+. The molecule has 0 unspecified atom stereocenters. The first-order valence-electron chi connectivity index (χ1n) is 8.06. The molecular weight excluding hydrogens is 334 g/mol. The van der Waals surface area contributed by atoms with Crippen LogP contribution in [0.25, 0.3) is 6.08 Å². The molecule has 6 nitrogen and oxygen atoms in total. The molecule has 0 bridgehead atoms. The second kappa shape index (κ2) is 7.31. The van der Waals surface area contributed by atoms with Gasteiger partial charge in [-0.05, 0) is 38.1 Å². The maximum atomic E-state index is 12.3. The van der Waals surface area contributed by atoms with Gasteiger partial charge in [0, 0.05) is 23.3 Å². The quantitative estimate of drug-likeness (QED) is 0.657. The summed E-state index contributed by atoms with van der Waals surface area (Å²) < 4.78 is 15.9. The lowest BCUT2D eigenvalue weighted by molar-refractivity contribution is -0.111. The Balaban J connectivity index is 1.82. The molecule has 2 aromatic carbocycles. The van der Waals surface area contributed by atoms with Crippen molar-refractivity contribution in [2.75, 3.05) is 19.2 Å². The number of Topliss-reactive ketones (excluding diaryl/α,β-unsaturated/α-hetero) is 1. The first kappa shape index (κ1) is 17.5. The highest BCUT2D eigenvalue weighted by Crippen LogP contribution is 2.37. The number of anilines is 1. The fraction of sp³-hybridized carbons (Fsp3) is 0.200. The van der Waals surface area contributed by atoms with Crippen LogP contribution in [0.2, 0.25) is 0 Å². The first-order valence-corrected chi connectivity index (χ1v) is 8.06. The minimum absolute atomic E-state index is 0.0944. The normalized spacial score (nSPS) is 12.3. The van der Waals surface area contributed by atoms with Crippen LogP contribution in [0.3, 0.4) is 0 Å². The fourth-order valence-electron chi connectivity index (χ4n) is 2.66. The summed E-state index contributed by atoms with van der Waals surface area (Å²) in [6.07, 6.45) is 3.06. The maximum Gasteiger partial charge on any atom is 0.248 e. The van der Waals surface area contributed by atoms with E-state index in [9.17, 15) is 9.59 Å². The molecule has 1 aliphatic rings. The van der Waals surface area contributed by atoms with E-state index in [2.05, 4.69) is 5.32 Å². The summed E-state index contributed by atoms with van der Waals surface area (Å²) in [6.45, 7) is 3.49. The molecule has 1 heterocycles. The number of rotatable bonds is 5. The number of ether oxygens (including phenoxy) is 3.